The Hall–Kier alpha value is -0.350. The van der Waals surface area contributed by atoms with Gasteiger partial charge in [-0.15, -0.1) is 0 Å². The van der Waals surface area contributed by atoms with Crippen LogP contribution in [0.1, 0.15) is 52.7 Å². The Bertz CT molecular complexity index is 433. The molecule has 3 unspecified atom stereocenters. The lowest BCUT2D eigenvalue weighted by Gasteiger charge is -2.44. The molecule has 4 heteroatoms. The number of hydrogen-bond donors (Lipinski definition) is 1. The van der Waals surface area contributed by atoms with Crippen LogP contribution in [0.4, 0.5) is 0 Å². The third kappa shape index (κ3) is 2.96. The molecule has 1 saturated carbocycles. The molecule has 0 aliphatic heterocycles. The van der Waals surface area contributed by atoms with Gasteiger partial charge in [-0.3, -0.25) is 4.68 Å². The molecule has 3 nitrogen and oxygen atoms in total. The SMILES string of the molecule is CCNC1CC(C)CCC1C(C)(C)c1c(Br)cnn1C. The van der Waals surface area contributed by atoms with E-state index in [1.165, 1.54) is 25.0 Å². The van der Waals surface area contributed by atoms with E-state index in [-0.39, 0.29) is 5.41 Å². The van der Waals surface area contributed by atoms with Crippen molar-refractivity contribution in [2.45, 2.75) is 58.4 Å². The van der Waals surface area contributed by atoms with Crippen LogP contribution in [0.2, 0.25) is 0 Å². The topological polar surface area (TPSA) is 29.9 Å². The van der Waals surface area contributed by atoms with E-state index in [2.05, 4.69) is 61.1 Å². The molecule has 2 rings (SSSR count). The highest BCUT2D eigenvalue weighted by molar-refractivity contribution is 9.10. The summed E-state index contributed by atoms with van der Waals surface area (Å²) < 4.78 is 3.17. The summed E-state index contributed by atoms with van der Waals surface area (Å²) in [6.45, 7) is 10.4. The number of rotatable bonds is 4. The molecule has 0 bridgehead atoms. The fourth-order valence-corrected chi connectivity index (χ4v) is 4.90. The van der Waals surface area contributed by atoms with Crippen LogP contribution in [0.15, 0.2) is 10.7 Å². The highest BCUT2D eigenvalue weighted by Crippen LogP contribution is 2.44. The maximum Gasteiger partial charge on any atom is 0.0635 e. The summed E-state index contributed by atoms with van der Waals surface area (Å²) in [7, 11) is 2.05. The first-order chi connectivity index (χ1) is 9.37. The fourth-order valence-electron chi connectivity index (χ4n) is 4.04. The van der Waals surface area contributed by atoms with E-state index in [0.717, 1.165) is 16.9 Å². The lowest BCUT2D eigenvalue weighted by Crippen LogP contribution is -2.49. The number of hydrogen-bond acceptors (Lipinski definition) is 2. The second kappa shape index (κ2) is 6.18. The van der Waals surface area contributed by atoms with Crippen LogP contribution in [0, 0.1) is 11.8 Å². The Morgan fingerprint density at radius 3 is 2.70 bits per heavy atom. The average Bonchev–Trinajstić information content (AvgIpc) is 2.69. The Morgan fingerprint density at radius 1 is 1.45 bits per heavy atom. The summed E-state index contributed by atoms with van der Waals surface area (Å²) in [6, 6.07) is 0.612. The summed E-state index contributed by atoms with van der Waals surface area (Å²) in [5.41, 5.74) is 1.44. The largest absolute Gasteiger partial charge is 0.314 e. The molecular formula is C16H28BrN3. The average molecular weight is 342 g/mol. The van der Waals surface area contributed by atoms with Gasteiger partial charge in [0.1, 0.15) is 0 Å². The molecular weight excluding hydrogens is 314 g/mol. The van der Waals surface area contributed by atoms with Crippen molar-refractivity contribution in [1.29, 1.82) is 0 Å². The molecule has 1 fully saturated rings. The zero-order valence-corrected chi connectivity index (χ0v) is 15.0. The summed E-state index contributed by atoms with van der Waals surface area (Å²) >= 11 is 3.69. The molecule has 114 valence electrons. The third-order valence-electron chi connectivity index (χ3n) is 5.01. The van der Waals surface area contributed by atoms with Gasteiger partial charge in [0.25, 0.3) is 0 Å². The number of aryl methyl sites for hydroxylation is 1. The van der Waals surface area contributed by atoms with Crippen molar-refractivity contribution in [2.24, 2.45) is 18.9 Å². The first-order valence-electron chi connectivity index (χ1n) is 7.79. The second-order valence-electron chi connectivity index (χ2n) is 6.88. The molecule has 1 heterocycles. The molecule has 0 aromatic carbocycles. The van der Waals surface area contributed by atoms with Gasteiger partial charge in [-0.25, -0.2) is 0 Å². The van der Waals surface area contributed by atoms with Crippen LogP contribution >= 0.6 is 15.9 Å². The third-order valence-corrected chi connectivity index (χ3v) is 5.59. The Labute approximate surface area is 131 Å². The standard InChI is InChI=1S/C16H28BrN3/c1-6-18-14-9-11(2)7-8-12(14)16(3,4)15-13(17)10-19-20(15)5/h10-12,14,18H,6-9H2,1-5H3. The predicted octanol–water partition coefficient (Wildman–Crippen LogP) is 3.87. The summed E-state index contributed by atoms with van der Waals surface area (Å²) in [5, 5.41) is 8.14. The summed E-state index contributed by atoms with van der Waals surface area (Å²) in [4.78, 5) is 0. The van der Waals surface area contributed by atoms with Crippen LogP contribution in [0.3, 0.4) is 0 Å². The van der Waals surface area contributed by atoms with E-state index in [1.54, 1.807) is 0 Å². The van der Waals surface area contributed by atoms with Gasteiger partial charge in [0, 0.05) is 18.5 Å². The molecule has 1 N–H and O–H groups in total. The minimum Gasteiger partial charge on any atom is -0.314 e. The van der Waals surface area contributed by atoms with E-state index in [1.807, 2.05) is 10.9 Å². The van der Waals surface area contributed by atoms with E-state index < -0.39 is 0 Å². The normalized spacial score (nSPS) is 27.8. The second-order valence-corrected chi connectivity index (χ2v) is 7.73. The predicted molar refractivity (Wildman–Crippen MR) is 87.9 cm³/mol. The number of nitrogens with one attached hydrogen (secondary N) is 1. The molecule has 1 aromatic rings. The van der Waals surface area contributed by atoms with Crippen LogP contribution in [0.25, 0.3) is 0 Å². The van der Waals surface area contributed by atoms with E-state index in [4.69, 9.17) is 0 Å². The highest BCUT2D eigenvalue weighted by Gasteiger charge is 2.42. The van der Waals surface area contributed by atoms with Gasteiger partial charge in [0.15, 0.2) is 0 Å². The van der Waals surface area contributed by atoms with Gasteiger partial charge in [-0.1, -0.05) is 34.1 Å². The lowest BCUT2D eigenvalue weighted by molar-refractivity contribution is 0.141. The number of nitrogens with zero attached hydrogens (tertiary/aromatic N) is 2. The molecule has 0 amide bonds. The quantitative estimate of drug-likeness (QED) is 0.900. The molecule has 1 aromatic heterocycles. The molecule has 0 saturated heterocycles. The molecule has 1 aliphatic carbocycles. The smallest absolute Gasteiger partial charge is 0.0635 e. The van der Waals surface area contributed by atoms with Crippen molar-refractivity contribution in [3.8, 4) is 0 Å². The van der Waals surface area contributed by atoms with Crippen molar-refractivity contribution in [2.75, 3.05) is 6.54 Å². The minimum absolute atomic E-state index is 0.122. The van der Waals surface area contributed by atoms with E-state index in [0.29, 0.717) is 12.0 Å². The Kier molecular flexibility index (Phi) is 4.96. The molecule has 0 radical (unpaired) electrons. The van der Waals surface area contributed by atoms with Crippen molar-refractivity contribution < 1.29 is 0 Å². The van der Waals surface area contributed by atoms with Crippen molar-refractivity contribution in [1.82, 2.24) is 15.1 Å². The zero-order chi connectivity index (χ0) is 14.9. The fraction of sp³-hybridized carbons (Fsp3) is 0.812. The first kappa shape index (κ1) is 16.0. The zero-order valence-electron chi connectivity index (χ0n) is 13.4. The summed E-state index contributed by atoms with van der Waals surface area (Å²) in [6.07, 6.45) is 5.84. The van der Waals surface area contributed by atoms with E-state index >= 15 is 0 Å². The highest BCUT2D eigenvalue weighted by atomic mass is 79.9. The van der Waals surface area contributed by atoms with Crippen LogP contribution < -0.4 is 5.32 Å². The summed E-state index contributed by atoms with van der Waals surface area (Å²) in [5.74, 6) is 1.49. The number of halogens is 1. The van der Waals surface area contributed by atoms with Crippen LogP contribution in [-0.4, -0.2) is 22.4 Å². The van der Waals surface area contributed by atoms with Gasteiger partial charge < -0.3 is 5.32 Å². The number of aromatic nitrogens is 2. The van der Waals surface area contributed by atoms with Gasteiger partial charge in [-0.2, -0.15) is 5.10 Å². The Morgan fingerprint density at radius 2 is 2.15 bits per heavy atom. The van der Waals surface area contributed by atoms with E-state index in [9.17, 15) is 0 Å². The Balaban J connectivity index is 2.31. The van der Waals surface area contributed by atoms with Crippen LogP contribution in [-0.2, 0) is 12.5 Å². The minimum atomic E-state index is 0.122. The van der Waals surface area contributed by atoms with Gasteiger partial charge in [0.05, 0.1) is 16.4 Å². The molecule has 1 aliphatic rings. The van der Waals surface area contributed by atoms with Gasteiger partial charge in [-0.05, 0) is 47.2 Å². The van der Waals surface area contributed by atoms with Crippen molar-refractivity contribution in [3.63, 3.8) is 0 Å². The van der Waals surface area contributed by atoms with Gasteiger partial charge >= 0.3 is 0 Å². The van der Waals surface area contributed by atoms with Gasteiger partial charge in [0.2, 0.25) is 0 Å². The van der Waals surface area contributed by atoms with Crippen molar-refractivity contribution in [3.05, 3.63) is 16.4 Å². The maximum absolute atomic E-state index is 4.41. The monoisotopic (exact) mass is 341 g/mol. The van der Waals surface area contributed by atoms with Crippen LogP contribution in [0.5, 0.6) is 0 Å². The van der Waals surface area contributed by atoms with Crippen molar-refractivity contribution >= 4 is 15.9 Å². The molecule has 0 spiro atoms. The molecule has 3 atom stereocenters. The molecule has 20 heavy (non-hydrogen) atoms. The lowest BCUT2D eigenvalue weighted by atomic mass is 9.65. The first-order valence-corrected chi connectivity index (χ1v) is 8.58. The maximum atomic E-state index is 4.41.